The summed E-state index contributed by atoms with van der Waals surface area (Å²) in [6.45, 7) is 3.08. The molecule has 0 unspecified atom stereocenters. The zero-order valence-corrected chi connectivity index (χ0v) is 8.18. The van der Waals surface area contributed by atoms with E-state index in [4.69, 9.17) is 4.42 Å². The van der Waals surface area contributed by atoms with Crippen LogP contribution in [0.4, 0.5) is 0 Å². The number of nitrogens with zero attached hydrogens (tertiary/aromatic N) is 1. The summed E-state index contributed by atoms with van der Waals surface area (Å²) in [5.74, 6) is 0.576. The van der Waals surface area contributed by atoms with Crippen LogP contribution in [0.3, 0.4) is 0 Å². The monoisotopic (exact) mass is 199 g/mol. The second-order valence-corrected chi connectivity index (χ2v) is 3.60. The number of rotatable bonds is 3. The first kappa shape index (κ1) is 9.98. The number of ketones is 1. The van der Waals surface area contributed by atoms with E-state index < -0.39 is 0 Å². The van der Waals surface area contributed by atoms with Crippen molar-refractivity contribution in [3.8, 4) is 0 Å². The number of thioether (sulfide) groups is 1. The van der Waals surface area contributed by atoms with Gasteiger partial charge in [0.25, 0.3) is 0 Å². The normalized spacial score (nSPS) is 10.0. The van der Waals surface area contributed by atoms with Crippen LogP contribution in [0, 0.1) is 6.92 Å². The summed E-state index contributed by atoms with van der Waals surface area (Å²) in [5, 5.41) is -0.0791. The van der Waals surface area contributed by atoms with Gasteiger partial charge in [0.2, 0.25) is 5.78 Å². The van der Waals surface area contributed by atoms with Gasteiger partial charge in [-0.2, -0.15) is 0 Å². The van der Waals surface area contributed by atoms with E-state index in [9.17, 15) is 9.59 Å². The molecule has 1 aromatic rings. The Kier molecular flexibility index (Phi) is 3.25. The van der Waals surface area contributed by atoms with Gasteiger partial charge < -0.3 is 4.42 Å². The van der Waals surface area contributed by atoms with Crippen molar-refractivity contribution in [2.75, 3.05) is 5.75 Å². The van der Waals surface area contributed by atoms with E-state index in [2.05, 4.69) is 4.98 Å². The van der Waals surface area contributed by atoms with Crippen LogP contribution in [-0.2, 0) is 4.79 Å². The van der Waals surface area contributed by atoms with Gasteiger partial charge in [-0.25, -0.2) is 4.98 Å². The van der Waals surface area contributed by atoms with Gasteiger partial charge in [0.15, 0.2) is 16.8 Å². The average Bonchev–Trinajstić information content (AvgIpc) is 2.47. The molecule has 1 aromatic heterocycles. The second-order valence-electron chi connectivity index (χ2n) is 2.45. The number of aromatic nitrogens is 1. The highest BCUT2D eigenvalue weighted by Crippen LogP contribution is 2.08. The fourth-order valence-electron chi connectivity index (χ4n) is 0.729. The van der Waals surface area contributed by atoms with Crippen LogP contribution >= 0.6 is 11.8 Å². The Morgan fingerprint density at radius 1 is 1.62 bits per heavy atom. The van der Waals surface area contributed by atoms with Gasteiger partial charge in [0, 0.05) is 13.8 Å². The lowest BCUT2D eigenvalue weighted by Gasteiger charge is -1.92. The quantitative estimate of drug-likeness (QED) is 0.689. The molecular formula is C8H9NO3S. The number of carbonyl (C=O) groups excluding carboxylic acids is 2. The Morgan fingerprint density at radius 3 is 2.77 bits per heavy atom. The first-order valence-electron chi connectivity index (χ1n) is 3.68. The van der Waals surface area contributed by atoms with Crippen LogP contribution in [0.25, 0.3) is 0 Å². The van der Waals surface area contributed by atoms with Gasteiger partial charge in [-0.3, -0.25) is 9.59 Å². The van der Waals surface area contributed by atoms with Crippen LogP contribution in [0.5, 0.6) is 0 Å². The Morgan fingerprint density at radius 2 is 2.31 bits per heavy atom. The van der Waals surface area contributed by atoms with Gasteiger partial charge in [-0.15, -0.1) is 0 Å². The number of hydrogen-bond acceptors (Lipinski definition) is 5. The standard InChI is InChI=1S/C8H9NO3S/c1-5-9-3-8(12-5)7(11)4-13-6(2)10/h3H,4H2,1-2H3. The van der Waals surface area contributed by atoms with E-state index in [1.54, 1.807) is 6.92 Å². The molecule has 0 aromatic carbocycles. The molecule has 13 heavy (non-hydrogen) atoms. The third-order valence-electron chi connectivity index (χ3n) is 1.30. The summed E-state index contributed by atoms with van der Waals surface area (Å²) in [4.78, 5) is 25.6. The van der Waals surface area contributed by atoms with Crippen molar-refractivity contribution in [1.29, 1.82) is 0 Å². The molecule has 4 nitrogen and oxygen atoms in total. The summed E-state index contributed by atoms with van der Waals surface area (Å²) in [6.07, 6.45) is 1.37. The largest absolute Gasteiger partial charge is 0.438 e. The van der Waals surface area contributed by atoms with Crippen LogP contribution in [-0.4, -0.2) is 21.6 Å². The van der Waals surface area contributed by atoms with Gasteiger partial charge in [-0.05, 0) is 0 Å². The van der Waals surface area contributed by atoms with E-state index in [1.807, 2.05) is 0 Å². The Labute approximate surface area is 79.7 Å². The number of aryl methyl sites for hydroxylation is 1. The zero-order chi connectivity index (χ0) is 9.84. The highest BCUT2D eigenvalue weighted by atomic mass is 32.2. The SMILES string of the molecule is CC(=O)SCC(=O)c1cnc(C)o1. The molecular weight excluding hydrogens is 190 g/mol. The number of carbonyl (C=O) groups is 2. The van der Waals surface area contributed by atoms with Crippen molar-refractivity contribution >= 4 is 22.7 Å². The number of hydrogen-bond donors (Lipinski definition) is 0. The molecule has 0 N–H and O–H groups in total. The molecule has 0 saturated heterocycles. The first-order valence-corrected chi connectivity index (χ1v) is 4.67. The average molecular weight is 199 g/mol. The molecule has 0 fully saturated rings. The van der Waals surface area contributed by atoms with Crippen LogP contribution in [0.15, 0.2) is 10.6 Å². The van der Waals surface area contributed by atoms with Gasteiger partial charge in [0.1, 0.15) is 0 Å². The maximum Gasteiger partial charge on any atom is 0.209 e. The maximum absolute atomic E-state index is 11.3. The van der Waals surface area contributed by atoms with E-state index in [0.717, 1.165) is 11.8 Å². The minimum atomic E-state index is -0.208. The van der Waals surface area contributed by atoms with Crippen LogP contribution < -0.4 is 0 Å². The molecule has 0 aliphatic heterocycles. The van der Waals surface area contributed by atoms with E-state index in [0.29, 0.717) is 5.89 Å². The third kappa shape index (κ3) is 3.02. The van der Waals surface area contributed by atoms with Crippen molar-refractivity contribution in [1.82, 2.24) is 4.98 Å². The summed E-state index contributed by atoms with van der Waals surface area (Å²) in [7, 11) is 0. The molecule has 0 radical (unpaired) electrons. The Bertz CT molecular complexity index is 332. The summed E-state index contributed by atoms with van der Waals surface area (Å²) in [5.41, 5.74) is 0. The second kappa shape index (κ2) is 4.23. The van der Waals surface area contributed by atoms with Crippen molar-refractivity contribution in [3.05, 3.63) is 17.8 Å². The van der Waals surface area contributed by atoms with E-state index >= 15 is 0 Å². The first-order chi connectivity index (χ1) is 6.09. The van der Waals surface area contributed by atoms with Crippen molar-refractivity contribution in [2.45, 2.75) is 13.8 Å². The van der Waals surface area contributed by atoms with E-state index in [1.165, 1.54) is 13.1 Å². The molecule has 0 spiro atoms. The minimum Gasteiger partial charge on any atom is -0.438 e. The number of oxazole rings is 1. The van der Waals surface area contributed by atoms with Crippen molar-refractivity contribution in [2.24, 2.45) is 0 Å². The van der Waals surface area contributed by atoms with E-state index in [-0.39, 0.29) is 22.4 Å². The highest BCUT2D eigenvalue weighted by molar-refractivity contribution is 8.14. The summed E-state index contributed by atoms with van der Waals surface area (Å²) in [6, 6.07) is 0. The minimum absolute atomic E-state index is 0.0791. The maximum atomic E-state index is 11.3. The summed E-state index contributed by atoms with van der Waals surface area (Å²) >= 11 is 0.967. The van der Waals surface area contributed by atoms with Gasteiger partial charge in [0.05, 0.1) is 11.9 Å². The molecule has 0 aliphatic carbocycles. The molecule has 70 valence electrons. The molecule has 0 aliphatic rings. The van der Waals surface area contributed by atoms with Gasteiger partial charge >= 0.3 is 0 Å². The predicted molar refractivity (Wildman–Crippen MR) is 48.7 cm³/mol. The molecule has 1 rings (SSSR count). The molecule has 0 atom stereocenters. The lowest BCUT2D eigenvalue weighted by molar-refractivity contribution is -0.109. The van der Waals surface area contributed by atoms with Gasteiger partial charge in [-0.1, -0.05) is 11.8 Å². The smallest absolute Gasteiger partial charge is 0.209 e. The lowest BCUT2D eigenvalue weighted by Crippen LogP contribution is -2.02. The Balaban J connectivity index is 2.54. The Hall–Kier alpha value is -1.10. The van der Waals surface area contributed by atoms with Crippen LogP contribution in [0.1, 0.15) is 23.4 Å². The van der Waals surface area contributed by atoms with Crippen molar-refractivity contribution in [3.63, 3.8) is 0 Å². The molecule has 0 bridgehead atoms. The zero-order valence-electron chi connectivity index (χ0n) is 7.36. The highest BCUT2D eigenvalue weighted by Gasteiger charge is 2.11. The number of Topliss-reactive ketones (excluding diaryl/α,β-unsaturated/α-hetero) is 1. The molecule has 5 heteroatoms. The topological polar surface area (TPSA) is 60.2 Å². The predicted octanol–water partition coefficient (Wildman–Crippen LogP) is 1.45. The third-order valence-corrected chi connectivity index (χ3v) is 2.12. The van der Waals surface area contributed by atoms with Crippen LogP contribution in [0.2, 0.25) is 0 Å². The molecule has 0 saturated carbocycles. The molecule has 1 heterocycles. The molecule has 0 amide bonds. The summed E-state index contributed by atoms with van der Waals surface area (Å²) < 4.78 is 4.99. The fraction of sp³-hybridized carbons (Fsp3) is 0.375. The van der Waals surface area contributed by atoms with Crippen molar-refractivity contribution < 1.29 is 14.0 Å². The lowest BCUT2D eigenvalue weighted by atomic mass is 10.4. The fourth-order valence-corrected chi connectivity index (χ4v) is 1.21.